The molecule has 114 valence electrons. The minimum Gasteiger partial charge on any atom is -0.265 e. The van der Waals surface area contributed by atoms with Crippen LogP contribution in [0.2, 0.25) is 0 Å². The largest absolute Gasteiger partial charge is 0.265 e. The summed E-state index contributed by atoms with van der Waals surface area (Å²) < 4.78 is 0. The zero-order valence-corrected chi connectivity index (χ0v) is 13.3. The Bertz CT molecular complexity index is 926. The highest BCUT2D eigenvalue weighted by atomic mass is 14.6. The summed E-state index contributed by atoms with van der Waals surface area (Å²) in [5.74, 6) is 0. The molecule has 0 bridgehead atoms. The van der Waals surface area contributed by atoms with E-state index in [2.05, 4.69) is 77.8 Å². The van der Waals surface area contributed by atoms with E-state index in [-0.39, 0.29) is 0 Å². The predicted octanol–water partition coefficient (Wildman–Crippen LogP) is 6.08. The molecular formula is C23H17N. The lowest BCUT2D eigenvalue weighted by atomic mass is 9.97. The van der Waals surface area contributed by atoms with E-state index in [1.54, 1.807) is 0 Å². The second kappa shape index (κ2) is 6.51. The van der Waals surface area contributed by atoms with Crippen molar-refractivity contribution in [1.82, 2.24) is 4.98 Å². The van der Waals surface area contributed by atoms with Crippen molar-refractivity contribution in [3.8, 4) is 33.4 Å². The maximum Gasteiger partial charge on any atom is 0.0273 e. The fraction of sp³-hybridized carbons (Fsp3) is 0. The van der Waals surface area contributed by atoms with Gasteiger partial charge in [0.2, 0.25) is 0 Å². The molecule has 0 aliphatic heterocycles. The van der Waals surface area contributed by atoms with E-state index in [0.717, 1.165) is 0 Å². The van der Waals surface area contributed by atoms with Gasteiger partial charge in [0, 0.05) is 12.4 Å². The molecule has 0 saturated carbocycles. The molecule has 0 radical (unpaired) electrons. The van der Waals surface area contributed by atoms with Crippen LogP contribution in [0.25, 0.3) is 33.4 Å². The number of hydrogen-bond acceptors (Lipinski definition) is 1. The van der Waals surface area contributed by atoms with Crippen LogP contribution in [-0.4, -0.2) is 4.98 Å². The van der Waals surface area contributed by atoms with Gasteiger partial charge >= 0.3 is 0 Å². The van der Waals surface area contributed by atoms with Crippen molar-refractivity contribution in [2.24, 2.45) is 0 Å². The first-order chi connectivity index (χ1) is 11.9. The second-order valence-corrected chi connectivity index (χ2v) is 5.76. The van der Waals surface area contributed by atoms with Crippen molar-refractivity contribution in [3.63, 3.8) is 0 Å². The van der Waals surface area contributed by atoms with Crippen LogP contribution in [0.5, 0.6) is 0 Å². The quantitative estimate of drug-likeness (QED) is 0.447. The van der Waals surface area contributed by atoms with Gasteiger partial charge in [-0.15, -0.1) is 0 Å². The van der Waals surface area contributed by atoms with Gasteiger partial charge in [0.05, 0.1) is 0 Å². The summed E-state index contributed by atoms with van der Waals surface area (Å²) in [6.07, 6.45) is 3.65. The van der Waals surface area contributed by atoms with Crippen LogP contribution in [0, 0.1) is 0 Å². The van der Waals surface area contributed by atoms with Crippen molar-refractivity contribution in [2.45, 2.75) is 0 Å². The van der Waals surface area contributed by atoms with Gasteiger partial charge in [-0.2, -0.15) is 0 Å². The lowest BCUT2D eigenvalue weighted by molar-refractivity contribution is 1.33. The molecule has 0 N–H and O–H groups in total. The van der Waals surface area contributed by atoms with E-state index in [4.69, 9.17) is 0 Å². The van der Waals surface area contributed by atoms with Crippen LogP contribution < -0.4 is 0 Å². The Morgan fingerprint density at radius 2 is 0.833 bits per heavy atom. The molecule has 1 heterocycles. The normalized spacial score (nSPS) is 10.5. The fourth-order valence-corrected chi connectivity index (χ4v) is 2.91. The lowest BCUT2D eigenvalue weighted by Gasteiger charge is -2.07. The molecule has 4 rings (SSSR count). The summed E-state index contributed by atoms with van der Waals surface area (Å²) in [6, 6.07) is 31.9. The molecule has 0 fully saturated rings. The second-order valence-electron chi connectivity index (χ2n) is 5.76. The maximum absolute atomic E-state index is 4.07. The first-order valence-corrected chi connectivity index (χ1v) is 8.06. The van der Waals surface area contributed by atoms with Gasteiger partial charge in [0.15, 0.2) is 0 Å². The molecule has 0 aliphatic carbocycles. The molecule has 1 nitrogen and oxygen atoms in total. The van der Waals surface area contributed by atoms with Crippen LogP contribution in [-0.2, 0) is 0 Å². The van der Waals surface area contributed by atoms with Crippen LogP contribution in [0.1, 0.15) is 0 Å². The van der Waals surface area contributed by atoms with Gasteiger partial charge < -0.3 is 0 Å². The Hall–Kier alpha value is -3.19. The molecule has 4 aromatic rings. The number of aromatic nitrogens is 1. The number of benzene rings is 3. The van der Waals surface area contributed by atoms with Gasteiger partial charge in [-0.05, 0) is 51.6 Å². The number of hydrogen-bond donors (Lipinski definition) is 0. The average molecular weight is 307 g/mol. The Kier molecular flexibility index (Phi) is 3.91. The highest BCUT2D eigenvalue weighted by Crippen LogP contribution is 2.28. The van der Waals surface area contributed by atoms with E-state index >= 15 is 0 Å². The Morgan fingerprint density at radius 1 is 0.375 bits per heavy atom. The first-order valence-electron chi connectivity index (χ1n) is 8.06. The molecule has 0 atom stereocenters. The molecule has 1 heteroatoms. The van der Waals surface area contributed by atoms with Gasteiger partial charge in [-0.1, -0.05) is 72.8 Å². The summed E-state index contributed by atoms with van der Waals surface area (Å²) in [6.45, 7) is 0. The third-order valence-electron chi connectivity index (χ3n) is 4.20. The van der Waals surface area contributed by atoms with Gasteiger partial charge in [-0.3, -0.25) is 4.98 Å². The van der Waals surface area contributed by atoms with Gasteiger partial charge in [0.25, 0.3) is 0 Å². The average Bonchev–Trinajstić information content (AvgIpc) is 2.70. The molecular weight excluding hydrogens is 290 g/mol. The van der Waals surface area contributed by atoms with Crippen LogP contribution in [0.3, 0.4) is 0 Å². The summed E-state index contributed by atoms with van der Waals surface area (Å²) in [5.41, 5.74) is 7.34. The summed E-state index contributed by atoms with van der Waals surface area (Å²) in [4.78, 5) is 4.07. The smallest absolute Gasteiger partial charge is 0.0273 e. The highest BCUT2D eigenvalue weighted by molar-refractivity contribution is 5.75. The third-order valence-corrected chi connectivity index (χ3v) is 4.20. The van der Waals surface area contributed by atoms with Crippen molar-refractivity contribution >= 4 is 0 Å². The van der Waals surface area contributed by atoms with Crippen molar-refractivity contribution in [2.75, 3.05) is 0 Å². The van der Waals surface area contributed by atoms with Gasteiger partial charge in [-0.25, -0.2) is 0 Å². The Balaban J connectivity index is 1.67. The van der Waals surface area contributed by atoms with Gasteiger partial charge in [0.1, 0.15) is 0 Å². The molecule has 0 amide bonds. The Labute approximate surface area is 142 Å². The molecule has 3 aromatic carbocycles. The zero-order chi connectivity index (χ0) is 16.2. The van der Waals surface area contributed by atoms with E-state index in [1.165, 1.54) is 33.4 Å². The number of pyridine rings is 1. The van der Waals surface area contributed by atoms with Crippen LogP contribution >= 0.6 is 0 Å². The standard InChI is InChI=1S/C23H17N/c1-2-5-18(6-3-1)22-7-4-8-23(17-22)20-11-9-19(10-12-20)21-13-15-24-16-14-21/h1-17H. The van der Waals surface area contributed by atoms with Crippen LogP contribution in [0.4, 0.5) is 0 Å². The SMILES string of the molecule is c1ccc(-c2cccc(-c3ccc(-c4ccncc4)cc3)c2)cc1. The third kappa shape index (κ3) is 2.97. The number of nitrogens with zero attached hydrogens (tertiary/aromatic N) is 1. The Morgan fingerprint density at radius 3 is 1.46 bits per heavy atom. The van der Waals surface area contributed by atoms with Crippen LogP contribution in [0.15, 0.2) is 103 Å². The molecule has 0 unspecified atom stereocenters. The molecule has 24 heavy (non-hydrogen) atoms. The molecule has 0 saturated heterocycles. The van der Waals surface area contributed by atoms with Crippen molar-refractivity contribution in [3.05, 3.63) is 103 Å². The molecule has 1 aromatic heterocycles. The minimum atomic E-state index is 1.19. The van der Waals surface area contributed by atoms with E-state index < -0.39 is 0 Å². The van der Waals surface area contributed by atoms with Crippen molar-refractivity contribution in [1.29, 1.82) is 0 Å². The zero-order valence-electron chi connectivity index (χ0n) is 13.3. The predicted molar refractivity (Wildman–Crippen MR) is 101 cm³/mol. The molecule has 0 spiro atoms. The molecule has 0 aliphatic rings. The number of rotatable bonds is 3. The first kappa shape index (κ1) is 14.4. The lowest BCUT2D eigenvalue weighted by Crippen LogP contribution is -1.83. The topological polar surface area (TPSA) is 12.9 Å². The fourth-order valence-electron chi connectivity index (χ4n) is 2.91. The summed E-state index contributed by atoms with van der Waals surface area (Å²) >= 11 is 0. The van der Waals surface area contributed by atoms with E-state index in [0.29, 0.717) is 0 Å². The summed E-state index contributed by atoms with van der Waals surface area (Å²) in [5, 5.41) is 0. The summed E-state index contributed by atoms with van der Waals surface area (Å²) in [7, 11) is 0. The maximum atomic E-state index is 4.07. The monoisotopic (exact) mass is 307 g/mol. The van der Waals surface area contributed by atoms with E-state index in [9.17, 15) is 0 Å². The van der Waals surface area contributed by atoms with E-state index in [1.807, 2.05) is 30.6 Å². The highest BCUT2D eigenvalue weighted by Gasteiger charge is 2.02. The minimum absolute atomic E-state index is 1.19. The van der Waals surface area contributed by atoms with Crippen molar-refractivity contribution < 1.29 is 0 Å².